The van der Waals surface area contributed by atoms with Crippen molar-refractivity contribution in [2.24, 2.45) is 5.73 Å². The molecule has 1 unspecified atom stereocenters. The van der Waals surface area contributed by atoms with Gasteiger partial charge >= 0.3 is 0 Å². The quantitative estimate of drug-likeness (QED) is 0.847. The van der Waals surface area contributed by atoms with Gasteiger partial charge in [0.2, 0.25) is 10.0 Å². The largest absolute Gasteiger partial charge is 0.324 e. The second-order valence-corrected chi connectivity index (χ2v) is 5.38. The lowest BCUT2D eigenvalue weighted by molar-refractivity contribution is 0.602. The van der Waals surface area contributed by atoms with Crippen molar-refractivity contribution in [1.29, 1.82) is 0 Å². The summed E-state index contributed by atoms with van der Waals surface area (Å²) < 4.78 is 37.4. The average Bonchev–Trinajstić information content (AvgIpc) is 2.18. The van der Waals surface area contributed by atoms with Crippen molar-refractivity contribution in [3.8, 4) is 0 Å². The second kappa shape index (κ2) is 4.80. The van der Waals surface area contributed by atoms with E-state index in [0.29, 0.717) is 12.0 Å². The van der Waals surface area contributed by atoms with E-state index < -0.39 is 15.8 Å². The van der Waals surface area contributed by atoms with E-state index in [1.54, 1.807) is 6.07 Å². The van der Waals surface area contributed by atoms with E-state index in [-0.39, 0.29) is 11.7 Å². The molecule has 6 heteroatoms. The van der Waals surface area contributed by atoms with Gasteiger partial charge in [-0.05, 0) is 24.1 Å². The molecule has 1 aromatic carbocycles. The third kappa shape index (κ3) is 3.46. The predicted octanol–water partition coefficient (Wildman–Crippen LogP) is 1.61. The number of anilines is 1. The Balaban J connectivity index is 3.01. The second-order valence-electron chi connectivity index (χ2n) is 3.63. The van der Waals surface area contributed by atoms with Crippen LogP contribution in [0.25, 0.3) is 0 Å². The van der Waals surface area contributed by atoms with Gasteiger partial charge in [-0.25, -0.2) is 12.8 Å². The minimum atomic E-state index is -3.46. The summed E-state index contributed by atoms with van der Waals surface area (Å²) in [6.45, 7) is 1.89. The van der Waals surface area contributed by atoms with Crippen LogP contribution in [0.3, 0.4) is 0 Å². The highest BCUT2D eigenvalue weighted by atomic mass is 32.2. The highest BCUT2D eigenvalue weighted by Gasteiger charge is 2.10. The summed E-state index contributed by atoms with van der Waals surface area (Å²) in [5.74, 6) is -0.619. The molecule has 1 atom stereocenters. The molecular formula is C10H15FN2O2S. The molecule has 0 bridgehead atoms. The summed E-state index contributed by atoms with van der Waals surface area (Å²) in [6, 6.07) is 4.01. The van der Waals surface area contributed by atoms with Gasteiger partial charge in [0.1, 0.15) is 5.82 Å². The van der Waals surface area contributed by atoms with Gasteiger partial charge in [0.15, 0.2) is 0 Å². The molecule has 0 aliphatic carbocycles. The molecule has 16 heavy (non-hydrogen) atoms. The molecule has 90 valence electrons. The van der Waals surface area contributed by atoms with Crippen LogP contribution in [0, 0.1) is 5.82 Å². The topological polar surface area (TPSA) is 72.2 Å². The Morgan fingerprint density at radius 1 is 1.50 bits per heavy atom. The SMILES string of the molecule is CCC(N)c1ccc(NS(C)(=O)=O)c(F)c1. The summed E-state index contributed by atoms with van der Waals surface area (Å²) in [4.78, 5) is 0. The number of benzene rings is 1. The average molecular weight is 246 g/mol. The van der Waals surface area contributed by atoms with Crippen LogP contribution in [0.1, 0.15) is 24.9 Å². The molecule has 0 aromatic heterocycles. The van der Waals surface area contributed by atoms with Crippen molar-refractivity contribution in [1.82, 2.24) is 0 Å². The maximum absolute atomic E-state index is 13.5. The molecule has 0 aliphatic heterocycles. The molecule has 1 aromatic rings. The molecule has 3 N–H and O–H groups in total. The van der Waals surface area contributed by atoms with Gasteiger partial charge in [0.05, 0.1) is 11.9 Å². The van der Waals surface area contributed by atoms with Crippen molar-refractivity contribution < 1.29 is 12.8 Å². The third-order valence-electron chi connectivity index (χ3n) is 2.16. The zero-order valence-corrected chi connectivity index (χ0v) is 10.0. The fourth-order valence-electron chi connectivity index (χ4n) is 1.28. The van der Waals surface area contributed by atoms with Gasteiger partial charge < -0.3 is 5.73 Å². The summed E-state index contributed by atoms with van der Waals surface area (Å²) >= 11 is 0. The number of hydrogen-bond donors (Lipinski definition) is 2. The molecule has 0 saturated carbocycles. The number of halogens is 1. The van der Waals surface area contributed by atoms with E-state index in [1.165, 1.54) is 12.1 Å². The van der Waals surface area contributed by atoms with Crippen LogP contribution in [0.4, 0.5) is 10.1 Å². The highest BCUT2D eigenvalue weighted by molar-refractivity contribution is 7.92. The third-order valence-corrected chi connectivity index (χ3v) is 2.75. The van der Waals surface area contributed by atoms with Crippen LogP contribution in [0.2, 0.25) is 0 Å². The lowest BCUT2D eigenvalue weighted by atomic mass is 10.1. The van der Waals surface area contributed by atoms with Crippen molar-refractivity contribution in [3.63, 3.8) is 0 Å². The Morgan fingerprint density at radius 3 is 2.56 bits per heavy atom. The van der Waals surface area contributed by atoms with Gasteiger partial charge in [-0.1, -0.05) is 13.0 Å². The lowest BCUT2D eigenvalue weighted by Crippen LogP contribution is -2.12. The Morgan fingerprint density at radius 2 is 2.12 bits per heavy atom. The maximum atomic E-state index is 13.5. The molecule has 1 rings (SSSR count). The fourth-order valence-corrected chi connectivity index (χ4v) is 1.85. The first-order chi connectivity index (χ1) is 7.33. The number of sulfonamides is 1. The molecule has 0 spiro atoms. The van der Waals surface area contributed by atoms with Crippen LogP contribution in [0.5, 0.6) is 0 Å². The maximum Gasteiger partial charge on any atom is 0.229 e. The standard InChI is InChI=1S/C10H15FN2O2S/c1-3-9(12)7-4-5-10(8(11)6-7)13-16(2,14)15/h4-6,9,13H,3,12H2,1-2H3. The minimum absolute atomic E-state index is 0.0606. The van der Waals surface area contributed by atoms with Crippen LogP contribution in [-0.2, 0) is 10.0 Å². The number of rotatable bonds is 4. The number of nitrogens with one attached hydrogen (secondary N) is 1. The molecule has 0 amide bonds. The Bertz CT molecular complexity index is 474. The van der Waals surface area contributed by atoms with Crippen LogP contribution >= 0.6 is 0 Å². The van der Waals surface area contributed by atoms with Crippen LogP contribution in [0.15, 0.2) is 18.2 Å². The summed E-state index contributed by atoms with van der Waals surface area (Å²) in [5, 5.41) is 0. The first kappa shape index (κ1) is 12.9. The van der Waals surface area contributed by atoms with Gasteiger partial charge in [0.25, 0.3) is 0 Å². The van der Waals surface area contributed by atoms with Gasteiger partial charge in [-0.2, -0.15) is 0 Å². The zero-order valence-electron chi connectivity index (χ0n) is 9.20. The van der Waals surface area contributed by atoms with Crippen molar-refractivity contribution >= 4 is 15.7 Å². The van der Waals surface area contributed by atoms with Crippen molar-refractivity contribution in [3.05, 3.63) is 29.6 Å². The zero-order chi connectivity index (χ0) is 12.3. The number of nitrogens with two attached hydrogens (primary N) is 1. The molecule has 4 nitrogen and oxygen atoms in total. The normalized spacial score (nSPS) is 13.5. The first-order valence-electron chi connectivity index (χ1n) is 4.86. The fraction of sp³-hybridized carbons (Fsp3) is 0.400. The Hall–Kier alpha value is -1.14. The van der Waals surface area contributed by atoms with Gasteiger partial charge in [-0.15, -0.1) is 0 Å². The van der Waals surface area contributed by atoms with Gasteiger partial charge in [0, 0.05) is 6.04 Å². The predicted molar refractivity (Wildman–Crippen MR) is 62.1 cm³/mol. The Labute approximate surface area is 94.7 Å². The molecule has 0 fully saturated rings. The first-order valence-corrected chi connectivity index (χ1v) is 6.75. The molecular weight excluding hydrogens is 231 g/mol. The van der Waals surface area contributed by atoms with Crippen LogP contribution in [-0.4, -0.2) is 14.7 Å². The summed E-state index contributed by atoms with van der Waals surface area (Å²) in [6.07, 6.45) is 1.66. The highest BCUT2D eigenvalue weighted by Crippen LogP contribution is 2.21. The molecule has 0 radical (unpaired) electrons. The lowest BCUT2D eigenvalue weighted by Gasteiger charge is -2.11. The van der Waals surface area contributed by atoms with E-state index in [1.807, 2.05) is 6.92 Å². The van der Waals surface area contributed by atoms with E-state index >= 15 is 0 Å². The van der Waals surface area contributed by atoms with E-state index in [9.17, 15) is 12.8 Å². The number of hydrogen-bond acceptors (Lipinski definition) is 3. The molecule has 0 saturated heterocycles. The minimum Gasteiger partial charge on any atom is -0.324 e. The summed E-state index contributed by atoms with van der Waals surface area (Å²) in [7, 11) is -3.46. The monoisotopic (exact) mass is 246 g/mol. The molecule has 0 aliphatic rings. The van der Waals surface area contributed by atoms with E-state index in [2.05, 4.69) is 4.72 Å². The van der Waals surface area contributed by atoms with E-state index in [0.717, 1.165) is 6.26 Å². The van der Waals surface area contributed by atoms with Crippen LogP contribution < -0.4 is 10.5 Å². The summed E-state index contributed by atoms with van der Waals surface area (Å²) in [5.41, 5.74) is 6.33. The van der Waals surface area contributed by atoms with Crippen molar-refractivity contribution in [2.45, 2.75) is 19.4 Å². The van der Waals surface area contributed by atoms with Crippen molar-refractivity contribution in [2.75, 3.05) is 11.0 Å². The Kier molecular flexibility index (Phi) is 3.88. The smallest absolute Gasteiger partial charge is 0.229 e. The molecule has 0 heterocycles. The van der Waals surface area contributed by atoms with Gasteiger partial charge in [-0.3, -0.25) is 4.72 Å². The van der Waals surface area contributed by atoms with E-state index in [4.69, 9.17) is 5.73 Å².